The van der Waals surface area contributed by atoms with Crippen molar-refractivity contribution in [2.45, 2.75) is 77.2 Å². The van der Waals surface area contributed by atoms with Crippen LogP contribution in [0.25, 0.3) is 0 Å². The molecule has 1 rings (SSSR count). The zero-order valence-electron chi connectivity index (χ0n) is 15.0. The summed E-state index contributed by atoms with van der Waals surface area (Å²) < 4.78 is 11.5. The van der Waals surface area contributed by atoms with Crippen LogP contribution in [0.3, 0.4) is 0 Å². The number of hydrogen-bond donors (Lipinski definition) is 1. The van der Waals surface area contributed by atoms with E-state index < -0.39 is 14.4 Å². The molecule has 130 valence electrons. The molecule has 1 saturated heterocycles. The molecule has 2 unspecified atom stereocenters. The number of carbonyl (C=O) groups is 1. The molecule has 1 aliphatic heterocycles. The Morgan fingerprint density at radius 1 is 1.36 bits per heavy atom. The average Bonchev–Trinajstić information content (AvgIpc) is 2.77. The third-order valence-corrected chi connectivity index (χ3v) is 9.29. The minimum atomic E-state index is -1.85. The number of ether oxygens (including phenoxy) is 1. The lowest BCUT2D eigenvalue weighted by Crippen LogP contribution is -2.46. The van der Waals surface area contributed by atoms with E-state index in [1.54, 1.807) is 4.90 Å². The molecule has 0 radical (unpaired) electrons. The van der Waals surface area contributed by atoms with E-state index in [-0.39, 0.29) is 17.2 Å². The molecule has 0 bridgehead atoms. The minimum Gasteiger partial charge on any atom is -0.449 e. The van der Waals surface area contributed by atoms with Gasteiger partial charge in [0.15, 0.2) is 8.32 Å². The highest BCUT2D eigenvalue weighted by Gasteiger charge is 2.41. The molecular weight excluding hydrogens is 298 g/mol. The van der Waals surface area contributed by atoms with Gasteiger partial charge in [-0.15, -0.1) is 0 Å². The second-order valence-corrected chi connectivity index (χ2v) is 12.5. The summed E-state index contributed by atoms with van der Waals surface area (Å²) >= 11 is 0. The number of hydrogen-bond acceptors (Lipinski definition) is 4. The van der Waals surface area contributed by atoms with E-state index in [0.717, 1.165) is 12.8 Å². The molecule has 0 aromatic rings. The lowest BCUT2D eigenvalue weighted by Gasteiger charge is -2.37. The molecule has 1 heterocycles. The quantitative estimate of drug-likeness (QED) is 0.599. The van der Waals surface area contributed by atoms with Crippen molar-refractivity contribution in [3.63, 3.8) is 0 Å². The summed E-state index contributed by atoms with van der Waals surface area (Å²) in [6.07, 6.45) is 1.62. The van der Waals surface area contributed by atoms with Crippen LogP contribution in [-0.4, -0.2) is 56.3 Å². The zero-order chi connectivity index (χ0) is 17.0. The van der Waals surface area contributed by atoms with Crippen molar-refractivity contribution >= 4 is 14.4 Å². The summed E-state index contributed by atoms with van der Waals surface area (Å²) in [7, 11) is -1.85. The number of aliphatic hydroxyl groups is 1. The smallest absolute Gasteiger partial charge is 0.410 e. The lowest BCUT2D eigenvalue weighted by atomic mass is 10.2. The Hall–Kier alpha value is -0.593. The summed E-state index contributed by atoms with van der Waals surface area (Å²) in [6, 6.07) is -0.0850. The first kappa shape index (κ1) is 19.5. The average molecular weight is 332 g/mol. The first-order valence-corrected chi connectivity index (χ1v) is 11.2. The summed E-state index contributed by atoms with van der Waals surface area (Å²) in [5.74, 6) is 0. The normalized spacial score (nSPS) is 23.0. The molecule has 1 N–H and O–H groups in total. The van der Waals surface area contributed by atoms with Crippen molar-refractivity contribution in [2.24, 2.45) is 0 Å². The minimum absolute atomic E-state index is 0.0850. The molecule has 1 amide bonds. The van der Waals surface area contributed by atoms with Crippen LogP contribution in [0.4, 0.5) is 4.79 Å². The van der Waals surface area contributed by atoms with Crippen molar-refractivity contribution in [2.75, 3.05) is 19.8 Å². The first-order chi connectivity index (χ1) is 10.1. The molecule has 22 heavy (non-hydrogen) atoms. The van der Waals surface area contributed by atoms with Crippen molar-refractivity contribution < 1.29 is 19.1 Å². The molecule has 0 spiro atoms. The predicted octanol–water partition coefficient (Wildman–Crippen LogP) is 3.38. The molecule has 0 saturated carbocycles. The Labute approximate surface area is 136 Å². The summed E-state index contributed by atoms with van der Waals surface area (Å²) in [5.41, 5.74) is 0. The van der Waals surface area contributed by atoms with Crippen LogP contribution in [0, 0.1) is 0 Å². The number of aliphatic hydroxyl groups excluding tert-OH is 1. The van der Waals surface area contributed by atoms with Crippen molar-refractivity contribution in [1.82, 2.24) is 4.90 Å². The maximum absolute atomic E-state index is 12.1. The molecule has 1 aliphatic rings. The van der Waals surface area contributed by atoms with Gasteiger partial charge in [0.2, 0.25) is 0 Å². The van der Waals surface area contributed by atoms with Gasteiger partial charge >= 0.3 is 6.09 Å². The number of amides is 1. The summed E-state index contributed by atoms with van der Waals surface area (Å²) in [6.45, 7) is 14.3. The van der Waals surface area contributed by atoms with Gasteiger partial charge in [-0.25, -0.2) is 4.79 Å². The lowest BCUT2D eigenvalue weighted by molar-refractivity contribution is 0.0824. The van der Waals surface area contributed by atoms with Gasteiger partial charge in [-0.05, 0) is 31.0 Å². The Morgan fingerprint density at radius 3 is 2.55 bits per heavy atom. The third kappa shape index (κ3) is 5.24. The monoisotopic (exact) mass is 331 g/mol. The number of unbranched alkanes of at least 4 members (excludes halogenated alkanes) is 1. The van der Waals surface area contributed by atoms with Gasteiger partial charge in [-0.1, -0.05) is 34.1 Å². The molecule has 5 nitrogen and oxygen atoms in total. The third-order valence-electron chi connectivity index (χ3n) is 4.79. The van der Waals surface area contributed by atoms with E-state index in [9.17, 15) is 9.90 Å². The fourth-order valence-electron chi connectivity index (χ4n) is 2.18. The van der Waals surface area contributed by atoms with Gasteiger partial charge in [0.25, 0.3) is 0 Å². The molecule has 6 heteroatoms. The highest BCUT2D eigenvalue weighted by molar-refractivity contribution is 6.74. The highest BCUT2D eigenvalue weighted by Crippen LogP contribution is 2.37. The topological polar surface area (TPSA) is 59.0 Å². The number of likely N-dealkylation sites (tertiary alicyclic amines) is 1. The zero-order valence-corrected chi connectivity index (χ0v) is 16.0. The predicted molar refractivity (Wildman–Crippen MR) is 90.5 cm³/mol. The largest absolute Gasteiger partial charge is 0.449 e. The van der Waals surface area contributed by atoms with Crippen molar-refractivity contribution in [3.8, 4) is 0 Å². The van der Waals surface area contributed by atoms with Gasteiger partial charge in [-0.3, -0.25) is 0 Å². The van der Waals surface area contributed by atoms with Gasteiger partial charge in [-0.2, -0.15) is 0 Å². The fourth-order valence-corrected chi connectivity index (χ4v) is 3.22. The van der Waals surface area contributed by atoms with E-state index in [1.807, 2.05) is 0 Å². The van der Waals surface area contributed by atoms with Gasteiger partial charge in [0.05, 0.1) is 31.9 Å². The van der Waals surface area contributed by atoms with Crippen LogP contribution in [0.2, 0.25) is 18.1 Å². The number of rotatable bonds is 6. The van der Waals surface area contributed by atoms with Crippen LogP contribution in [-0.2, 0) is 9.16 Å². The number of carbonyl (C=O) groups excluding carboxylic acids is 1. The molecule has 0 aromatic heterocycles. The Bertz CT molecular complexity index is 368. The molecule has 2 atom stereocenters. The van der Waals surface area contributed by atoms with E-state index in [4.69, 9.17) is 9.16 Å². The fraction of sp³-hybridized carbons (Fsp3) is 0.938. The van der Waals surface area contributed by atoms with Crippen molar-refractivity contribution in [1.29, 1.82) is 0 Å². The van der Waals surface area contributed by atoms with E-state index >= 15 is 0 Å². The number of nitrogens with zero attached hydrogens (tertiary/aromatic N) is 1. The number of β-amino-alcohol motifs (C(OH)–C–C–N with tert-alkyl or cyclic N) is 1. The van der Waals surface area contributed by atoms with Crippen LogP contribution in [0.5, 0.6) is 0 Å². The highest BCUT2D eigenvalue weighted by atomic mass is 28.4. The second-order valence-electron chi connectivity index (χ2n) is 7.73. The molecular formula is C16H33NO4Si. The van der Waals surface area contributed by atoms with Crippen LogP contribution < -0.4 is 0 Å². The standard InChI is InChI=1S/C16H33NO4Si/c1-7-8-9-20-15(19)17-11-14(18)10-13(17)12-21-22(5,6)16(2,3)4/h13-14,18H,7-12H2,1-6H3. The van der Waals surface area contributed by atoms with Crippen LogP contribution >= 0.6 is 0 Å². The van der Waals surface area contributed by atoms with Gasteiger partial charge in [0.1, 0.15) is 0 Å². The summed E-state index contributed by atoms with van der Waals surface area (Å²) in [4.78, 5) is 13.8. The first-order valence-electron chi connectivity index (χ1n) is 8.34. The van der Waals surface area contributed by atoms with Crippen LogP contribution in [0.1, 0.15) is 47.0 Å². The van der Waals surface area contributed by atoms with Crippen LogP contribution in [0.15, 0.2) is 0 Å². The Balaban J connectivity index is 2.58. The molecule has 1 fully saturated rings. The second kappa shape index (κ2) is 7.79. The Morgan fingerprint density at radius 2 is 2.00 bits per heavy atom. The van der Waals surface area contributed by atoms with Gasteiger partial charge in [0, 0.05) is 0 Å². The SMILES string of the molecule is CCCCOC(=O)N1CC(O)CC1CO[Si](C)(C)C(C)(C)C. The molecule has 0 aliphatic carbocycles. The van der Waals surface area contributed by atoms with Gasteiger partial charge < -0.3 is 19.2 Å². The van der Waals surface area contributed by atoms with E-state index in [0.29, 0.717) is 26.2 Å². The van der Waals surface area contributed by atoms with E-state index in [1.165, 1.54) is 0 Å². The van der Waals surface area contributed by atoms with E-state index in [2.05, 4.69) is 40.8 Å². The maximum atomic E-state index is 12.1. The summed E-state index contributed by atoms with van der Waals surface area (Å²) in [5, 5.41) is 10.0. The Kier molecular flexibility index (Phi) is 6.89. The van der Waals surface area contributed by atoms with Crippen molar-refractivity contribution in [3.05, 3.63) is 0 Å². The molecule has 0 aromatic carbocycles. The maximum Gasteiger partial charge on any atom is 0.410 e.